The fourth-order valence-electron chi connectivity index (χ4n) is 3.94. The van der Waals surface area contributed by atoms with Crippen LogP contribution in [0.1, 0.15) is 54.0 Å². The summed E-state index contributed by atoms with van der Waals surface area (Å²) in [6.45, 7) is 0. The molecule has 2 heterocycles. The number of nitrogens with zero attached hydrogens (tertiary/aromatic N) is 4. The minimum Gasteiger partial charge on any atom is -0.393 e. The first-order valence-electron chi connectivity index (χ1n) is 10.1. The molecule has 0 aliphatic heterocycles. The van der Waals surface area contributed by atoms with Crippen LogP contribution in [0.15, 0.2) is 34.7 Å². The fourth-order valence-corrected chi connectivity index (χ4v) is 5.90. The van der Waals surface area contributed by atoms with Crippen molar-refractivity contribution in [1.29, 1.82) is 10.5 Å². The van der Waals surface area contributed by atoms with E-state index in [4.69, 9.17) is 22.3 Å². The number of benzene rings is 1. The molecule has 0 atom stereocenters. The van der Waals surface area contributed by atoms with Crippen LogP contribution in [-0.2, 0) is 5.75 Å². The Labute approximate surface area is 199 Å². The quantitative estimate of drug-likeness (QED) is 0.462. The molecule has 0 unspecified atom stereocenters. The predicted molar refractivity (Wildman–Crippen MR) is 127 cm³/mol. The van der Waals surface area contributed by atoms with Crippen molar-refractivity contribution in [3.63, 3.8) is 0 Å². The molecule has 2 aromatic heterocycles. The van der Waals surface area contributed by atoms with Gasteiger partial charge in [-0.05, 0) is 49.3 Å². The molecule has 0 radical (unpaired) electrons. The number of anilines is 1. The van der Waals surface area contributed by atoms with E-state index in [9.17, 15) is 15.6 Å². The molecule has 3 aromatic rings. The molecule has 0 bridgehead atoms. The maximum Gasteiger partial charge on any atom is 0.143 e. The molecule has 1 fully saturated rings. The van der Waals surface area contributed by atoms with E-state index in [1.165, 1.54) is 11.8 Å². The molecular formula is C23H20ClN5OS2. The standard InChI is InChI=1S/C23H20ClN5OS2/c24-15-5-1-14(2-6-15)22-28-16(11-31-22)12-32-23-19(10-26)20(18(9-25)21(27)29-23)13-3-7-17(30)8-4-13/h1-2,5-6,11,13,17,30H,3-4,7-8,12H2,(H2,27,29)/t13-,17+. The Bertz CT molecular complexity index is 1200. The van der Waals surface area contributed by atoms with Crippen LogP contribution in [0.2, 0.25) is 5.02 Å². The Morgan fingerprint density at radius 3 is 2.44 bits per heavy atom. The number of hydrogen-bond donors (Lipinski definition) is 2. The number of nitriles is 2. The SMILES string of the molecule is N#Cc1c(N)nc(SCc2csc(-c3ccc(Cl)cc3)n2)c(C#N)c1[C@H]1CC[C@@H](O)CC1. The van der Waals surface area contributed by atoms with Crippen molar-refractivity contribution < 1.29 is 5.11 Å². The number of aromatic nitrogens is 2. The van der Waals surface area contributed by atoms with Crippen LogP contribution in [0, 0.1) is 22.7 Å². The van der Waals surface area contributed by atoms with Crippen molar-refractivity contribution in [2.45, 2.75) is 48.5 Å². The molecule has 4 rings (SSSR count). The Hall–Kier alpha value is -2.62. The maximum atomic E-state index is 9.94. The van der Waals surface area contributed by atoms with Gasteiger partial charge >= 0.3 is 0 Å². The zero-order valence-corrected chi connectivity index (χ0v) is 19.5. The van der Waals surface area contributed by atoms with Crippen LogP contribution in [0.4, 0.5) is 5.82 Å². The third-order valence-corrected chi connectivity index (χ3v) is 7.76. The van der Waals surface area contributed by atoms with Crippen molar-refractivity contribution in [1.82, 2.24) is 9.97 Å². The lowest BCUT2D eigenvalue weighted by atomic mass is 9.79. The minimum atomic E-state index is -0.324. The van der Waals surface area contributed by atoms with Crippen LogP contribution in [0.3, 0.4) is 0 Å². The lowest BCUT2D eigenvalue weighted by Crippen LogP contribution is -2.19. The minimum absolute atomic E-state index is 0.0168. The molecule has 0 amide bonds. The van der Waals surface area contributed by atoms with Crippen LogP contribution < -0.4 is 5.73 Å². The third kappa shape index (κ3) is 4.74. The lowest BCUT2D eigenvalue weighted by Gasteiger charge is -2.27. The molecule has 1 aliphatic rings. The summed E-state index contributed by atoms with van der Waals surface area (Å²) < 4.78 is 0. The van der Waals surface area contributed by atoms with E-state index in [0.717, 1.165) is 16.3 Å². The summed E-state index contributed by atoms with van der Waals surface area (Å²) in [4.78, 5) is 9.07. The summed E-state index contributed by atoms with van der Waals surface area (Å²) >= 11 is 8.91. The first-order valence-corrected chi connectivity index (χ1v) is 12.4. The summed E-state index contributed by atoms with van der Waals surface area (Å²) in [7, 11) is 0. The number of hydrogen-bond acceptors (Lipinski definition) is 8. The van der Waals surface area contributed by atoms with Crippen molar-refractivity contribution in [3.8, 4) is 22.7 Å². The van der Waals surface area contributed by atoms with Crippen LogP contribution in [0.25, 0.3) is 10.6 Å². The van der Waals surface area contributed by atoms with Crippen LogP contribution >= 0.6 is 34.7 Å². The van der Waals surface area contributed by atoms with Gasteiger partial charge in [0.25, 0.3) is 0 Å². The van der Waals surface area contributed by atoms with E-state index in [1.807, 2.05) is 29.6 Å². The third-order valence-electron chi connectivity index (χ3n) is 5.56. The fraction of sp³-hybridized carbons (Fsp3) is 0.304. The van der Waals surface area contributed by atoms with E-state index in [2.05, 4.69) is 17.1 Å². The molecule has 3 N–H and O–H groups in total. The summed E-state index contributed by atoms with van der Waals surface area (Å²) in [6.07, 6.45) is 2.41. The molecule has 0 saturated heterocycles. The summed E-state index contributed by atoms with van der Waals surface area (Å²) in [5, 5.41) is 33.6. The number of rotatable bonds is 5. The van der Waals surface area contributed by atoms with E-state index in [1.54, 1.807) is 11.3 Å². The van der Waals surface area contributed by atoms with Crippen molar-refractivity contribution in [3.05, 3.63) is 57.1 Å². The van der Waals surface area contributed by atoms with E-state index in [-0.39, 0.29) is 23.4 Å². The number of halogens is 1. The highest BCUT2D eigenvalue weighted by Gasteiger charge is 2.29. The van der Waals surface area contributed by atoms with Gasteiger partial charge in [-0.2, -0.15) is 10.5 Å². The number of pyridine rings is 1. The van der Waals surface area contributed by atoms with Gasteiger partial charge in [0.2, 0.25) is 0 Å². The predicted octanol–water partition coefficient (Wildman–Crippen LogP) is 5.49. The second kappa shape index (κ2) is 9.89. The van der Waals surface area contributed by atoms with Crippen molar-refractivity contribution >= 4 is 40.5 Å². The lowest BCUT2D eigenvalue weighted by molar-refractivity contribution is 0.122. The Balaban J connectivity index is 1.60. The molecular weight excluding hydrogens is 462 g/mol. The first kappa shape index (κ1) is 22.6. The zero-order chi connectivity index (χ0) is 22.7. The average Bonchev–Trinajstić information content (AvgIpc) is 3.27. The molecule has 1 saturated carbocycles. The van der Waals surface area contributed by atoms with Crippen LogP contribution in [-0.4, -0.2) is 21.2 Å². The largest absolute Gasteiger partial charge is 0.393 e. The summed E-state index contributed by atoms with van der Waals surface area (Å²) in [5.74, 6) is 0.693. The number of thiazole rings is 1. The Morgan fingerprint density at radius 1 is 1.09 bits per heavy atom. The molecule has 1 aromatic carbocycles. The molecule has 9 heteroatoms. The van der Waals surface area contributed by atoms with Gasteiger partial charge in [0.1, 0.15) is 28.0 Å². The second-order valence-electron chi connectivity index (χ2n) is 7.63. The number of thioether (sulfide) groups is 1. The molecule has 32 heavy (non-hydrogen) atoms. The number of aliphatic hydroxyl groups excluding tert-OH is 1. The number of aliphatic hydroxyl groups is 1. The van der Waals surface area contributed by atoms with Gasteiger partial charge < -0.3 is 10.8 Å². The van der Waals surface area contributed by atoms with E-state index < -0.39 is 0 Å². The molecule has 1 aliphatic carbocycles. The Morgan fingerprint density at radius 2 is 1.78 bits per heavy atom. The van der Waals surface area contributed by atoms with Gasteiger partial charge in [-0.25, -0.2) is 9.97 Å². The topological polar surface area (TPSA) is 120 Å². The molecule has 0 spiro atoms. The van der Waals surface area contributed by atoms with Crippen molar-refractivity contribution in [2.75, 3.05) is 5.73 Å². The highest BCUT2D eigenvalue weighted by atomic mass is 35.5. The molecule has 162 valence electrons. The average molecular weight is 482 g/mol. The highest BCUT2D eigenvalue weighted by molar-refractivity contribution is 7.98. The van der Waals surface area contributed by atoms with Gasteiger partial charge in [-0.1, -0.05) is 35.5 Å². The number of nitrogen functional groups attached to an aromatic ring is 1. The van der Waals surface area contributed by atoms with Gasteiger partial charge in [0.05, 0.1) is 22.9 Å². The first-order chi connectivity index (χ1) is 15.5. The van der Waals surface area contributed by atoms with E-state index in [0.29, 0.717) is 52.6 Å². The normalized spacial score (nSPS) is 18.1. The van der Waals surface area contributed by atoms with Gasteiger partial charge in [-0.15, -0.1) is 11.3 Å². The highest BCUT2D eigenvalue weighted by Crippen LogP contribution is 2.41. The monoisotopic (exact) mass is 481 g/mol. The van der Waals surface area contributed by atoms with Crippen LogP contribution in [0.5, 0.6) is 0 Å². The van der Waals surface area contributed by atoms with Crippen molar-refractivity contribution in [2.24, 2.45) is 0 Å². The van der Waals surface area contributed by atoms with Gasteiger partial charge in [0.15, 0.2) is 0 Å². The molecule has 6 nitrogen and oxygen atoms in total. The summed E-state index contributed by atoms with van der Waals surface area (Å²) in [5.41, 5.74) is 9.37. The van der Waals surface area contributed by atoms with E-state index >= 15 is 0 Å². The number of nitrogens with two attached hydrogens (primary N) is 1. The summed E-state index contributed by atoms with van der Waals surface area (Å²) in [6, 6.07) is 11.9. The zero-order valence-electron chi connectivity index (χ0n) is 17.1. The van der Waals surface area contributed by atoms with Gasteiger partial charge in [0, 0.05) is 21.7 Å². The second-order valence-corrected chi connectivity index (χ2v) is 9.89. The smallest absolute Gasteiger partial charge is 0.143 e. The Kier molecular flexibility index (Phi) is 6.98. The maximum absolute atomic E-state index is 9.94. The van der Waals surface area contributed by atoms with Gasteiger partial charge in [-0.3, -0.25) is 0 Å².